The van der Waals surface area contributed by atoms with Gasteiger partial charge < -0.3 is 11.1 Å². The predicted octanol–water partition coefficient (Wildman–Crippen LogP) is 1.63. The number of amides is 1. The lowest BCUT2D eigenvalue weighted by molar-refractivity contribution is 0.0951. The Morgan fingerprint density at radius 2 is 2.25 bits per heavy atom. The summed E-state index contributed by atoms with van der Waals surface area (Å²) in [7, 11) is 1.83. The first kappa shape index (κ1) is 14.0. The number of nitrogen functional groups attached to an aromatic ring is 1. The van der Waals surface area contributed by atoms with Crippen LogP contribution in [-0.4, -0.2) is 15.7 Å². The summed E-state index contributed by atoms with van der Waals surface area (Å²) in [6.07, 6.45) is 2.64. The molecule has 0 atom stereocenters. The Morgan fingerprint density at radius 1 is 1.50 bits per heavy atom. The van der Waals surface area contributed by atoms with Crippen LogP contribution in [-0.2, 0) is 20.0 Å². The number of anilines is 1. The van der Waals surface area contributed by atoms with E-state index in [1.165, 1.54) is 12.1 Å². The molecule has 0 aliphatic rings. The third-order valence-electron chi connectivity index (χ3n) is 3.03. The fourth-order valence-electron chi connectivity index (χ4n) is 2.02. The summed E-state index contributed by atoms with van der Waals surface area (Å²) in [6.45, 7) is 2.34. The molecule has 1 amide bonds. The van der Waals surface area contributed by atoms with Gasteiger partial charge in [-0.15, -0.1) is 0 Å². The number of nitrogens with one attached hydrogen (secondary N) is 1. The number of hydrogen-bond acceptors (Lipinski definition) is 3. The molecule has 20 heavy (non-hydrogen) atoms. The second-order valence-corrected chi connectivity index (χ2v) is 4.54. The average molecular weight is 276 g/mol. The molecule has 2 rings (SSSR count). The lowest BCUT2D eigenvalue weighted by atomic mass is 10.1. The van der Waals surface area contributed by atoms with Crippen molar-refractivity contribution >= 4 is 11.6 Å². The van der Waals surface area contributed by atoms with E-state index in [2.05, 4.69) is 10.4 Å². The highest BCUT2D eigenvalue weighted by Crippen LogP contribution is 2.14. The second kappa shape index (κ2) is 5.73. The van der Waals surface area contributed by atoms with Crippen LogP contribution in [0.4, 0.5) is 10.1 Å². The average Bonchev–Trinajstić information content (AvgIpc) is 2.79. The highest BCUT2D eigenvalue weighted by atomic mass is 19.1. The Kier molecular flexibility index (Phi) is 4.02. The van der Waals surface area contributed by atoms with E-state index in [9.17, 15) is 9.18 Å². The van der Waals surface area contributed by atoms with Crippen molar-refractivity contribution in [1.82, 2.24) is 15.1 Å². The molecule has 1 aromatic heterocycles. The highest BCUT2D eigenvalue weighted by molar-refractivity contribution is 5.99. The lowest BCUT2D eigenvalue weighted by Gasteiger charge is -2.07. The summed E-state index contributed by atoms with van der Waals surface area (Å²) in [5.41, 5.74) is 7.95. The molecule has 1 heterocycles. The zero-order valence-electron chi connectivity index (χ0n) is 11.5. The van der Waals surface area contributed by atoms with E-state index in [1.807, 2.05) is 20.2 Å². The Morgan fingerprint density at radius 3 is 2.95 bits per heavy atom. The molecule has 5 nitrogen and oxygen atoms in total. The van der Waals surface area contributed by atoms with Crippen LogP contribution in [0.25, 0.3) is 0 Å². The van der Waals surface area contributed by atoms with Crippen molar-refractivity contribution < 1.29 is 9.18 Å². The van der Waals surface area contributed by atoms with Gasteiger partial charge in [-0.3, -0.25) is 9.48 Å². The molecule has 1 aromatic carbocycles. The van der Waals surface area contributed by atoms with E-state index in [0.717, 1.165) is 23.7 Å². The zero-order valence-corrected chi connectivity index (χ0v) is 11.5. The third kappa shape index (κ3) is 2.96. The summed E-state index contributed by atoms with van der Waals surface area (Å²) >= 11 is 0. The van der Waals surface area contributed by atoms with E-state index in [0.29, 0.717) is 6.54 Å². The SMILES string of the molecule is CCc1nn(C)cc1CNC(=O)c1cc(F)ccc1N. The Labute approximate surface area is 116 Å². The number of nitrogens with zero attached hydrogens (tertiary/aromatic N) is 2. The predicted molar refractivity (Wildman–Crippen MR) is 74.6 cm³/mol. The summed E-state index contributed by atoms with van der Waals surface area (Å²) in [4.78, 5) is 12.0. The summed E-state index contributed by atoms with van der Waals surface area (Å²) < 4.78 is 14.8. The topological polar surface area (TPSA) is 72.9 Å². The molecule has 0 saturated carbocycles. The molecular weight excluding hydrogens is 259 g/mol. The minimum atomic E-state index is -0.486. The summed E-state index contributed by atoms with van der Waals surface area (Å²) in [5, 5.41) is 7.02. The van der Waals surface area contributed by atoms with Gasteiger partial charge in [0.05, 0.1) is 11.3 Å². The maximum atomic E-state index is 13.1. The minimum absolute atomic E-state index is 0.145. The number of hydrogen-bond donors (Lipinski definition) is 2. The van der Waals surface area contributed by atoms with Gasteiger partial charge in [0.25, 0.3) is 5.91 Å². The Bertz CT molecular complexity index is 636. The van der Waals surface area contributed by atoms with E-state index in [1.54, 1.807) is 4.68 Å². The molecule has 0 unspecified atom stereocenters. The highest BCUT2D eigenvalue weighted by Gasteiger charge is 2.12. The maximum absolute atomic E-state index is 13.1. The van der Waals surface area contributed by atoms with Crippen molar-refractivity contribution in [2.24, 2.45) is 7.05 Å². The molecule has 0 spiro atoms. The lowest BCUT2D eigenvalue weighted by Crippen LogP contribution is -2.24. The van der Waals surface area contributed by atoms with E-state index >= 15 is 0 Å². The van der Waals surface area contributed by atoms with Gasteiger partial charge in [0, 0.05) is 31.0 Å². The van der Waals surface area contributed by atoms with E-state index in [-0.39, 0.29) is 11.3 Å². The van der Waals surface area contributed by atoms with Crippen LogP contribution < -0.4 is 11.1 Å². The Balaban J connectivity index is 2.10. The van der Waals surface area contributed by atoms with Gasteiger partial charge in [-0.05, 0) is 24.6 Å². The molecule has 6 heteroatoms. The molecule has 0 fully saturated rings. The zero-order chi connectivity index (χ0) is 14.7. The van der Waals surface area contributed by atoms with Gasteiger partial charge in [-0.1, -0.05) is 6.92 Å². The fraction of sp³-hybridized carbons (Fsp3) is 0.286. The molecule has 0 radical (unpaired) electrons. The first-order valence-electron chi connectivity index (χ1n) is 6.36. The van der Waals surface area contributed by atoms with Crippen LogP contribution in [0.2, 0.25) is 0 Å². The minimum Gasteiger partial charge on any atom is -0.398 e. The van der Waals surface area contributed by atoms with Crippen molar-refractivity contribution in [3.05, 3.63) is 47.0 Å². The molecule has 106 valence electrons. The number of nitrogens with two attached hydrogens (primary N) is 1. The number of aryl methyl sites for hydroxylation is 2. The largest absolute Gasteiger partial charge is 0.398 e. The van der Waals surface area contributed by atoms with Crippen molar-refractivity contribution in [1.29, 1.82) is 0 Å². The van der Waals surface area contributed by atoms with E-state index in [4.69, 9.17) is 5.73 Å². The van der Waals surface area contributed by atoms with Crippen LogP contribution in [0.5, 0.6) is 0 Å². The second-order valence-electron chi connectivity index (χ2n) is 4.54. The molecule has 0 saturated heterocycles. The maximum Gasteiger partial charge on any atom is 0.253 e. The van der Waals surface area contributed by atoms with E-state index < -0.39 is 11.7 Å². The number of aromatic nitrogens is 2. The van der Waals surface area contributed by atoms with Crippen LogP contribution in [0, 0.1) is 5.82 Å². The van der Waals surface area contributed by atoms with Crippen molar-refractivity contribution in [3.63, 3.8) is 0 Å². The number of benzene rings is 1. The van der Waals surface area contributed by atoms with Gasteiger partial charge in [0.15, 0.2) is 0 Å². The van der Waals surface area contributed by atoms with Gasteiger partial charge in [0.2, 0.25) is 0 Å². The quantitative estimate of drug-likeness (QED) is 0.834. The summed E-state index contributed by atoms with van der Waals surface area (Å²) in [5.74, 6) is -0.882. The number of halogens is 1. The van der Waals surface area contributed by atoms with Crippen molar-refractivity contribution in [2.45, 2.75) is 19.9 Å². The number of carbonyl (C=O) groups is 1. The Hall–Kier alpha value is -2.37. The van der Waals surface area contributed by atoms with Crippen LogP contribution in [0.1, 0.15) is 28.5 Å². The third-order valence-corrected chi connectivity index (χ3v) is 3.03. The van der Waals surface area contributed by atoms with Crippen molar-refractivity contribution in [2.75, 3.05) is 5.73 Å². The molecule has 0 aliphatic heterocycles. The van der Waals surface area contributed by atoms with Gasteiger partial charge >= 0.3 is 0 Å². The van der Waals surface area contributed by atoms with Crippen LogP contribution in [0.15, 0.2) is 24.4 Å². The molecule has 0 aliphatic carbocycles. The summed E-state index contributed by atoms with van der Waals surface area (Å²) in [6, 6.07) is 3.74. The van der Waals surface area contributed by atoms with Crippen molar-refractivity contribution in [3.8, 4) is 0 Å². The van der Waals surface area contributed by atoms with Gasteiger partial charge in [0.1, 0.15) is 5.82 Å². The standard InChI is InChI=1S/C14H17FN4O/c1-3-13-9(8-19(2)18-13)7-17-14(20)11-6-10(15)4-5-12(11)16/h4-6,8H,3,7,16H2,1-2H3,(H,17,20). The molecule has 2 aromatic rings. The van der Waals surface area contributed by atoms with Crippen LogP contribution >= 0.6 is 0 Å². The fourth-order valence-corrected chi connectivity index (χ4v) is 2.02. The monoisotopic (exact) mass is 276 g/mol. The first-order chi connectivity index (χ1) is 9.51. The smallest absolute Gasteiger partial charge is 0.253 e. The van der Waals surface area contributed by atoms with Gasteiger partial charge in [-0.2, -0.15) is 5.10 Å². The number of carbonyl (C=O) groups excluding carboxylic acids is 1. The molecule has 3 N–H and O–H groups in total. The molecular formula is C14H17FN4O. The first-order valence-corrected chi connectivity index (χ1v) is 6.36. The van der Waals surface area contributed by atoms with Crippen LogP contribution in [0.3, 0.4) is 0 Å². The number of rotatable bonds is 4. The van der Waals surface area contributed by atoms with Gasteiger partial charge in [-0.25, -0.2) is 4.39 Å². The molecule has 0 bridgehead atoms. The normalized spacial score (nSPS) is 10.6.